The van der Waals surface area contributed by atoms with Crippen LogP contribution in [0.5, 0.6) is 5.88 Å². The van der Waals surface area contributed by atoms with Gasteiger partial charge >= 0.3 is 6.18 Å². The van der Waals surface area contributed by atoms with Gasteiger partial charge in [0.15, 0.2) is 11.5 Å². The zero-order valence-electron chi connectivity index (χ0n) is 23.1. The first kappa shape index (κ1) is 27.4. The number of pyridine rings is 1. The van der Waals surface area contributed by atoms with Crippen LogP contribution in [0.15, 0.2) is 49.1 Å². The molecule has 0 aliphatic heterocycles. The highest BCUT2D eigenvalue weighted by atomic mass is 19.4. The van der Waals surface area contributed by atoms with Crippen LogP contribution in [0, 0.1) is 0 Å². The van der Waals surface area contributed by atoms with Gasteiger partial charge in [-0.2, -0.15) is 13.2 Å². The fraction of sp³-hybridized carbons (Fsp3) is 0.310. The summed E-state index contributed by atoms with van der Waals surface area (Å²) in [5, 5.41) is 4.06. The molecule has 0 saturated heterocycles. The van der Waals surface area contributed by atoms with Gasteiger partial charge in [-0.15, -0.1) is 0 Å². The topological polar surface area (TPSA) is 130 Å². The van der Waals surface area contributed by atoms with Crippen molar-refractivity contribution in [3.63, 3.8) is 0 Å². The Bertz CT molecular complexity index is 1760. The summed E-state index contributed by atoms with van der Waals surface area (Å²) >= 11 is 0. The largest absolute Gasteiger partial charge is 0.480 e. The standard InChI is InChI=1S/C29H28F3N9O/c1-15(2)41-13-21(29(30,31)32)39-27(41)18-6-4-16(5-7-18)11-35-25-19-10-22(33)34-12-20(19)38-26(40-25)23-24(17-8-9-17)36-14-37-28(23)42-3/h4-7,10,12-15,17H,8-9,11H2,1-3H3,(H2,33,34)(H,35,38,40). The molecule has 5 aromatic rings. The Morgan fingerprint density at radius 3 is 2.50 bits per heavy atom. The first-order valence-corrected chi connectivity index (χ1v) is 13.4. The van der Waals surface area contributed by atoms with Crippen molar-refractivity contribution in [3.05, 3.63) is 66.0 Å². The van der Waals surface area contributed by atoms with Gasteiger partial charge in [0.1, 0.15) is 29.4 Å². The van der Waals surface area contributed by atoms with Crippen LogP contribution in [0.2, 0.25) is 0 Å². The van der Waals surface area contributed by atoms with Crippen LogP contribution in [-0.4, -0.2) is 41.6 Å². The zero-order valence-corrected chi connectivity index (χ0v) is 23.1. The number of aromatic nitrogens is 7. The molecule has 6 rings (SSSR count). The van der Waals surface area contributed by atoms with Crippen LogP contribution < -0.4 is 15.8 Å². The molecule has 0 amide bonds. The van der Waals surface area contributed by atoms with Gasteiger partial charge in [-0.1, -0.05) is 24.3 Å². The normalized spacial score (nSPS) is 13.6. The molecule has 13 heteroatoms. The molecule has 0 radical (unpaired) electrons. The number of rotatable bonds is 8. The number of benzene rings is 1. The van der Waals surface area contributed by atoms with Crippen LogP contribution in [0.25, 0.3) is 33.7 Å². The maximum atomic E-state index is 13.3. The van der Waals surface area contributed by atoms with Gasteiger partial charge < -0.3 is 20.4 Å². The van der Waals surface area contributed by atoms with Crippen LogP contribution in [0.4, 0.5) is 24.8 Å². The Hall–Kier alpha value is -4.81. The lowest BCUT2D eigenvalue weighted by atomic mass is 10.1. The van der Waals surface area contributed by atoms with Crippen molar-refractivity contribution < 1.29 is 17.9 Å². The van der Waals surface area contributed by atoms with E-state index in [-0.39, 0.29) is 11.9 Å². The van der Waals surface area contributed by atoms with E-state index in [0.717, 1.165) is 30.3 Å². The Morgan fingerprint density at radius 2 is 1.83 bits per heavy atom. The number of alkyl halides is 3. The van der Waals surface area contributed by atoms with Gasteiger partial charge in [-0.3, -0.25) is 0 Å². The summed E-state index contributed by atoms with van der Waals surface area (Å²) in [5.41, 5.74) is 8.62. The fourth-order valence-corrected chi connectivity index (χ4v) is 4.80. The van der Waals surface area contributed by atoms with Gasteiger partial charge in [0.25, 0.3) is 0 Å². The molecule has 1 aliphatic rings. The minimum absolute atomic E-state index is 0.193. The van der Waals surface area contributed by atoms with Gasteiger partial charge in [-0.25, -0.2) is 29.9 Å². The highest BCUT2D eigenvalue weighted by Crippen LogP contribution is 2.45. The molecule has 0 spiro atoms. The van der Waals surface area contributed by atoms with Gasteiger partial charge in [0.05, 0.1) is 24.5 Å². The number of ether oxygens (including phenoxy) is 1. The molecular formula is C29H28F3N9O. The summed E-state index contributed by atoms with van der Waals surface area (Å²) in [5.74, 6) is 2.22. The Labute approximate surface area is 239 Å². The number of hydrogen-bond acceptors (Lipinski definition) is 9. The van der Waals surface area contributed by atoms with Crippen LogP contribution >= 0.6 is 0 Å². The molecule has 1 saturated carbocycles. The van der Waals surface area contributed by atoms with Gasteiger partial charge in [0.2, 0.25) is 5.88 Å². The van der Waals surface area contributed by atoms with Crippen molar-refractivity contribution in [1.82, 2.24) is 34.5 Å². The number of imidazole rings is 1. The number of halogens is 3. The van der Waals surface area contributed by atoms with Crippen LogP contribution in [0.1, 0.15) is 55.6 Å². The van der Waals surface area contributed by atoms with Crippen LogP contribution in [-0.2, 0) is 12.7 Å². The summed E-state index contributed by atoms with van der Waals surface area (Å²) in [6.45, 7) is 4.01. The monoisotopic (exact) mass is 575 g/mol. The summed E-state index contributed by atoms with van der Waals surface area (Å²) in [4.78, 5) is 26.5. The van der Waals surface area contributed by atoms with E-state index >= 15 is 0 Å². The Balaban J connectivity index is 1.33. The van der Waals surface area contributed by atoms with E-state index in [2.05, 4.69) is 25.3 Å². The number of fused-ring (bicyclic) bond motifs is 1. The highest BCUT2D eigenvalue weighted by Gasteiger charge is 2.35. The number of nitrogen functional groups attached to an aromatic ring is 1. The predicted octanol–water partition coefficient (Wildman–Crippen LogP) is 6.03. The third-order valence-corrected chi connectivity index (χ3v) is 7.08. The molecule has 42 heavy (non-hydrogen) atoms. The number of nitrogens with one attached hydrogen (secondary N) is 1. The van der Waals surface area contributed by atoms with Gasteiger partial charge in [0, 0.05) is 35.7 Å². The fourth-order valence-electron chi connectivity index (χ4n) is 4.80. The third-order valence-electron chi connectivity index (χ3n) is 7.08. The molecule has 4 heterocycles. The van der Waals surface area contributed by atoms with Crippen molar-refractivity contribution >= 4 is 22.5 Å². The molecule has 0 unspecified atom stereocenters. The second kappa shape index (κ2) is 10.5. The number of nitrogens with zero attached hydrogens (tertiary/aromatic N) is 7. The van der Waals surface area contributed by atoms with Crippen molar-refractivity contribution in [2.45, 2.75) is 51.4 Å². The lowest BCUT2D eigenvalue weighted by Crippen LogP contribution is -2.07. The lowest BCUT2D eigenvalue weighted by molar-refractivity contribution is -0.140. The lowest BCUT2D eigenvalue weighted by Gasteiger charge is -2.15. The highest BCUT2D eigenvalue weighted by molar-refractivity contribution is 5.92. The smallest absolute Gasteiger partial charge is 0.434 e. The maximum absolute atomic E-state index is 13.3. The average Bonchev–Trinajstić information content (AvgIpc) is 3.71. The quantitative estimate of drug-likeness (QED) is 0.228. The second-order valence-electron chi connectivity index (χ2n) is 10.4. The summed E-state index contributed by atoms with van der Waals surface area (Å²) in [6.07, 6.45) is 1.65. The predicted molar refractivity (Wildman–Crippen MR) is 152 cm³/mol. The summed E-state index contributed by atoms with van der Waals surface area (Å²) < 4.78 is 47.1. The van der Waals surface area contributed by atoms with Crippen molar-refractivity contribution in [1.29, 1.82) is 0 Å². The molecule has 0 atom stereocenters. The zero-order chi connectivity index (χ0) is 29.6. The first-order chi connectivity index (χ1) is 20.1. The molecule has 1 aromatic carbocycles. The minimum Gasteiger partial charge on any atom is -0.480 e. The molecule has 1 aliphatic carbocycles. The molecule has 216 valence electrons. The summed E-state index contributed by atoms with van der Waals surface area (Å²) in [6, 6.07) is 8.72. The summed E-state index contributed by atoms with van der Waals surface area (Å²) in [7, 11) is 1.55. The average molecular weight is 576 g/mol. The SMILES string of the molecule is COc1ncnc(C2CC2)c1-c1nc(NCc2ccc(-c3nc(C(F)(F)F)cn3C(C)C)cc2)c2cc(N)ncc2n1. The van der Waals surface area contributed by atoms with E-state index in [4.69, 9.17) is 20.4 Å². The number of hydrogen-bond donors (Lipinski definition) is 2. The van der Waals surface area contributed by atoms with E-state index < -0.39 is 11.9 Å². The molecule has 4 aromatic heterocycles. The van der Waals surface area contributed by atoms with E-state index in [0.29, 0.717) is 57.8 Å². The minimum atomic E-state index is -4.52. The Kier molecular flexibility index (Phi) is 6.87. The number of nitrogens with two attached hydrogens (primary N) is 1. The van der Waals surface area contributed by atoms with Crippen LogP contribution in [0.3, 0.4) is 0 Å². The van der Waals surface area contributed by atoms with Crippen molar-refractivity contribution in [2.24, 2.45) is 0 Å². The van der Waals surface area contributed by atoms with E-state index in [9.17, 15) is 13.2 Å². The van der Waals surface area contributed by atoms with E-state index in [1.807, 2.05) is 26.0 Å². The molecule has 1 fully saturated rings. The first-order valence-electron chi connectivity index (χ1n) is 13.4. The molecule has 10 nitrogen and oxygen atoms in total. The maximum Gasteiger partial charge on any atom is 0.434 e. The number of methoxy groups -OCH3 is 1. The van der Waals surface area contributed by atoms with Gasteiger partial charge in [-0.05, 0) is 38.3 Å². The van der Waals surface area contributed by atoms with E-state index in [1.54, 1.807) is 31.5 Å². The van der Waals surface area contributed by atoms with Crippen molar-refractivity contribution in [3.8, 4) is 28.7 Å². The third kappa shape index (κ3) is 5.29. The molecule has 3 N–H and O–H groups in total. The number of anilines is 2. The Morgan fingerprint density at radius 1 is 1.07 bits per heavy atom. The molecular weight excluding hydrogens is 547 g/mol. The van der Waals surface area contributed by atoms with Crippen molar-refractivity contribution in [2.75, 3.05) is 18.2 Å². The second-order valence-corrected chi connectivity index (χ2v) is 10.4. The molecule has 0 bridgehead atoms. The van der Waals surface area contributed by atoms with E-state index in [1.165, 1.54) is 10.9 Å².